The molecule has 27 heavy (non-hydrogen) atoms. The van der Waals surface area contributed by atoms with Crippen LogP contribution in [0.5, 0.6) is 5.75 Å². The maximum Gasteiger partial charge on any atom is 0.416 e. The van der Waals surface area contributed by atoms with E-state index in [0.717, 1.165) is 19.2 Å². The van der Waals surface area contributed by atoms with Crippen molar-refractivity contribution in [3.8, 4) is 5.75 Å². The highest BCUT2D eigenvalue weighted by Crippen LogP contribution is 2.31. The van der Waals surface area contributed by atoms with Gasteiger partial charge in [-0.2, -0.15) is 13.2 Å². The van der Waals surface area contributed by atoms with Crippen LogP contribution < -0.4 is 4.74 Å². The van der Waals surface area contributed by atoms with Crippen molar-refractivity contribution in [2.75, 3.05) is 20.2 Å². The number of methoxy groups -OCH3 is 1. The zero-order valence-electron chi connectivity index (χ0n) is 15.0. The van der Waals surface area contributed by atoms with Crippen LogP contribution in [-0.4, -0.2) is 50.2 Å². The van der Waals surface area contributed by atoms with Crippen molar-refractivity contribution < 1.29 is 35.9 Å². The van der Waals surface area contributed by atoms with Gasteiger partial charge in [-0.05, 0) is 43.5 Å². The minimum atomic E-state index is -4.41. The second-order valence-corrected chi connectivity index (χ2v) is 8.32. The maximum absolute atomic E-state index is 12.6. The lowest BCUT2D eigenvalue weighted by Gasteiger charge is -2.33. The third-order valence-electron chi connectivity index (χ3n) is 4.44. The lowest BCUT2D eigenvalue weighted by Crippen LogP contribution is -2.47. The van der Waals surface area contributed by atoms with Crippen molar-refractivity contribution in [1.82, 2.24) is 4.31 Å². The molecule has 1 aliphatic heterocycles. The van der Waals surface area contributed by atoms with Gasteiger partial charge in [-0.3, -0.25) is 4.79 Å². The molecule has 1 aromatic rings. The molecule has 0 saturated carbocycles. The van der Waals surface area contributed by atoms with Crippen LogP contribution in [0.1, 0.15) is 31.7 Å². The summed E-state index contributed by atoms with van der Waals surface area (Å²) in [4.78, 5) is 11.7. The predicted octanol–water partition coefficient (Wildman–Crippen LogP) is 2.83. The van der Waals surface area contributed by atoms with Crippen LogP contribution in [0, 0.1) is 0 Å². The molecule has 1 heterocycles. The molecule has 0 aromatic heterocycles. The predicted molar refractivity (Wildman–Crippen MR) is 91.7 cm³/mol. The lowest BCUT2D eigenvalue weighted by atomic mass is 10.1. The Morgan fingerprint density at radius 2 is 1.78 bits per heavy atom. The Balaban J connectivity index is 1.96. The molecule has 1 aliphatic rings. The highest BCUT2D eigenvalue weighted by atomic mass is 32.2. The number of benzene rings is 1. The lowest BCUT2D eigenvalue weighted by molar-refractivity contribution is -0.140. The molecule has 152 valence electrons. The molecule has 1 atom stereocenters. The number of sulfonamides is 1. The van der Waals surface area contributed by atoms with E-state index in [9.17, 15) is 26.4 Å². The molecular formula is C17H22F3NO5S. The Kier molecular flexibility index (Phi) is 6.74. The Morgan fingerprint density at radius 3 is 2.22 bits per heavy atom. The molecule has 0 spiro atoms. The first-order valence-electron chi connectivity index (χ1n) is 8.50. The van der Waals surface area contributed by atoms with Gasteiger partial charge in [0.15, 0.2) is 5.25 Å². The number of ether oxygens (including phenoxy) is 2. The molecule has 10 heteroatoms. The standard InChI is InChI=1S/C17H22F3NO5S/c1-3-15(16(22)25-2)27(23,24)21-10-8-14(9-11-21)26-13-6-4-12(5-7-13)17(18,19)20/h4-7,14-15H,3,8-11H2,1-2H3. The van der Waals surface area contributed by atoms with E-state index < -0.39 is 33.0 Å². The van der Waals surface area contributed by atoms with Gasteiger partial charge in [0, 0.05) is 13.1 Å². The molecule has 0 bridgehead atoms. The number of carbonyl (C=O) groups excluding carboxylic acids is 1. The smallest absolute Gasteiger partial charge is 0.416 e. The monoisotopic (exact) mass is 409 g/mol. The fourth-order valence-corrected chi connectivity index (χ4v) is 4.77. The van der Waals surface area contributed by atoms with E-state index in [1.54, 1.807) is 6.92 Å². The first kappa shape index (κ1) is 21.5. The maximum atomic E-state index is 12.6. The topological polar surface area (TPSA) is 72.9 Å². The van der Waals surface area contributed by atoms with Gasteiger partial charge >= 0.3 is 12.1 Å². The molecule has 2 rings (SSSR count). The molecule has 1 fully saturated rings. The van der Waals surface area contributed by atoms with Crippen LogP contribution in [0.25, 0.3) is 0 Å². The van der Waals surface area contributed by atoms with Crippen molar-refractivity contribution in [1.29, 1.82) is 0 Å². The second-order valence-electron chi connectivity index (χ2n) is 6.20. The van der Waals surface area contributed by atoms with Crippen molar-refractivity contribution in [3.63, 3.8) is 0 Å². The highest BCUT2D eigenvalue weighted by molar-refractivity contribution is 7.90. The van der Waals surface area contributed by atoms with E-state index in [0.29, 0.717) is 18.6 Å². The molecule has 0 N–H and O–H groups in total. The summed E-state index contributed by atoms with van der Waals surface area (Å²) in [6.07, 6.45) is -3.87. The van der Waals surface area contributed by atoms with Gasteiger partial charge in [0.2, 0.25) is 10.0 Å². The number of rotatable bonds is 6. The number of alkyl halides is 3. The van der Waals surface area contributed by atoms with E-state index in [-0.39, 0.29) is 25.6 Å². The Labute approximate surface area is 156 Å². The van der Waals surface area contributed by atoms with E-state index in [1.807, 2.05) is 0 Å². The molecule has 1 unspecified atom stereocenters. The second kappa shape index (κ2) is 8.47. The first-order chi connectivity index (χ1) is 12.6. The summed E-state index contributed by atoms with van der Waals surface area (Å²) in [6.45, 7) is 1.93. The minimum Gasteiger partial charge on any atom is -0.490 e. The average molecular weight is 409 g/mol. The van der Waals surface area contributed by atoms with E-state index in [1.165, 1.54) is 16.4 Å². The largest absolute Gasteiger partial charge is 0.490 e. The van der Waals surface area contributed by atoms with E-state index in [2.05, 4.69) is 4.74 Å². The van der Waals surface area contributed by atoms with Crippen LogP contribution in [0.15, 0.2) is 24.3 Å². The van der Waals surface area contributed by atoms with Gasteiger partial charge in [-0.25, -0.2) is 12.7 Å². The highest BCUT2D eigenvalue weighted by Gasteiger charge is 2.39. The van der Waals surface area contributed by atoms with Gasteiger partial charge in [0.25, 0.3) is 0 Å². The molecule has 1 saturated heterocycles. The van der Waals surface area contributed by atoms with Crippen LogP contribution in [0.3, 0.4) is 0 Å². The van der Waals surface area contributed by atoms with Gasteiger partial charge in [0.05, 0.1) is 12.7 Å². The van der Waals surface area contributed by atoms with Crippen LogP contribution in [0.2, 0.25) is 0 Å². The summed E-state index contributed by atoms with van der Waals surface area (Å²) in [6, 6.07) is 4.38. The number of carbonyl (C=O) groups is 1. The molecule has 1 aromatic carbocycles. The van der Waals surface area contributed by atoms with Crippen LogP contribution in [0.4, 0.5) is 13.2 Å². The number of halogens is 3. The van der Waals surface area contributed by atoms with E-state index >= 15 is 0 Å². The van der Waals surface area contributed by atoms with Gasteiger partial charge in [-0.15, -0.1) is 0 Å². The molecular weight excluding hydrogens is 387 g/mol. The molecule has 0 amide bonds. The number of nitrogens with zero attached hydrogens (tertiary/aromatic N) is 1. The summed E-state index contributed by atoms with van der Waals surface area (Å²) in [7, 11) is -2.68. The van der Waals surface area contributed by atoms with Crippen molar-refractivity contribution >= 4 is 16.0 Å². The third kappa shape index (κ3) is 5.13. The fourth-order valence-electron chi connectivity index (χ4n) is 2.93. The average Bonchev–Trinajstić information content (AvgIpc) is 2.62. The number of esters is 1. The Hall–Kier alpha value is -1.81. The Bertz CT molecular complexity index is 741. The molecule has 0 radical (unpaired) electrons. The van der Waals surface area contributed by atoms with Crippen molar-refractivity contribution in [3.05, 3.63) is 29.8 Å². The van der Waals surface area contributed by atoms with Gasteiger partial charge in [-0.1, -0.05) is 6.92 Å². The summed E-state index contributed by atoms with van der Waals surface area (Å²) in [5.41, 5.74) is -0.760. The van der Waals surface area contributed by atoms with Crippen LogP contribution in [-0.2, 0) is 25.7 Å². The summed E-state index contributed by atoms with van der Waals surface area (Å²) in [5, 5.41) is -1.24. The van der Waals surface area contributed by atoms with Crippen molar-refractivity contribution in [2.45, 2.75) is 43.7 Å². The number of piperidine rings is 1. The number of hydrogen-bond acceptors (Lipinski definition) is 5. The third-order valence-corrected chi connectivity index (χ3v) is 6.77. The zero-order chi connectivity index (χ0) is 20.2. The van der Waals surface area contributed by atoms with Crippen LogP contribution >= 0.6 is 0 Å². The SMILES string of the molecule is CCC(C(=O)OC)S(=O)(=O)N1CCC(Oc2ccc(C(F)(F)F)cc2)CC1. The first-order valence-corrected chi connectivity index (χ1v) is 10.0. The summed E-state index contributed by atoms with van der Waals surface area (Å²) in [5.74, 6) is -0.495. The number of hydrogen-bond donors (Lipinski definition) is 0. The zero-order valence-corrected chi connectivity index (χ0v) is 15.8. The summed E-state index contributed by atoms with van der Waals surface area (Å²) >= 11 is 0. The summed E-state index contributed by atoms with van der Waals surface area (Å²) < 4.78 is 74.4. The minimum absolute atomic E-state index is 0.108. The fraction of sp³-hybridized carbons (Fsp3) is 0.588. The van der Waals surface area contributed by atoms with Gasteiger partial charge in [0.1, 0.15) is 11.9 Å². The Morgan fingerprint density at radius 1 is 1.22 bits per heavy atom. The quantitative estimate of drug-likeness (QED) is 0.676. The van der Waals surface area contributed by atoms with E-state index in [4.69, 9.17) is 4.74 Å². The molecule has 6 nitrogen and oxygen atoms in total. The molecule has 0 aliphatic carbocycles. The normalized spacial score (nSPS) is 18.1. The van der Waals surface area contributed by atoms with Crippen molar-refractivity contribution in [2.24, 2.45) is 0 Å². The van der Waals surface area contributed by atoms with Gasteiger partial charge < -0.3 is 9.47 Å².